The molecule has 3 nitrogen and oxygen atoms in total. The zero-order valence-corrected chi connectivity index (χ0v) is 13.5. The fourth-order valence-electron chi connectivity index (χ4n) is 2.21. The summed E-state index contributed by atoms with van der Waals surface area (Å²) in [7, 11) is 0. The van der Waals surface area contributed by atoms with E-state index in [0.29, 0.717) is 12.2 Å². The third kappa shape index (κ3) is 16.7. The average molecular weight is 296 g/mol. The van der Waals surface area contributed by atoms with Crippen LogP contribution < -0.4 is 0 Å². The Kier molecular flexibility index (Phi) is 14.2. The molecule has 21 heavy (non-hydrogen) atoms. The van der Waals surface area contributed by atoms with Gasteiger partial charge in [0.2, 0.25) is 0 Å². The number of allylic oxidation sites excluding steroid dienone is 4. The highest BCUT2D eigenvalue weighted by molar-refractivity contribution is 5.66. The van der Waals surface area contributed by atoms with Crippen molar-refractivity contribution < 1.29 is 15.0 Å². The topological polar surface area (TPSA) is 57.5 Å². The van der Waals surface area contributed by atoms with Crippen LogP contribution in [0.2, 0.25) is 0 Å². The molecule has 2 N–H and O–H groups in total. The van der Waals surface area contributed by atoms with Crippen LogP contribution in [0.1, 0.15) is 84.0 Å². The SMILES string of the molecule is CC/C=C(/O)CCCC/C=C\CCCCCCCC(=O)O. The summed E-state index contributed by atoms with van der Waals surface area (Å²) in [5.74, 6) is -0.152. The van der Waals surface area contributed by atoms with Crippen molar-refractivity contribution in [1.82, 2.24) is 0 Å². The minimum atomic E-state index is -0.684. The molecule has 0 aliphatic heterocycles. The van der Waals surface area contributed by atoms with Crippen LogP contribution in [-0.4, -0.2) is 16.2 Å². The highest BCUT2D eigenvalue weighted by Crippen LogP contribution is 2.10. The van der Waals surface area contributed by atoms with Gasteiger partial charge in [-0.25, -0.2) is 0 Å². The Labute approximate surface area is 129 Å². The van der Waals surface area contributed by atoms with E-state index in [2.05, 4.69) is 12.2 Å². The molecule has 122 valence electrons. The fourth-order valence-corrected chi connectivity index (χ4v) is 2.21. The molecule has 0 aliphatic carbocycles. The van der Waals surface area contributed by atoms with E-state index in [1.165, 1.54) is 12.8 Å². The molecule has 0 radical (unpaired) electrons. The Balaban J connectivity index is 3.22. The maximum absolute atomic E-state index is 10.3. The van der Waals surface area contributed by atoms with Crippen LogP contribution in [0.15, 0.2) is 24.0 Å². The van der Waals surface area contributed by atoms with E-state index in [9.17, 15) is 9.90 Å². The van der Waals surface area contributed by atoms with Gasteiger partial charge in [-0.2, -0.15) is 0 Å². The number of carboxylic acids is 1. The minimum Gasteiger partial charge on any atom is -0.513 e. The summed E-state index contributed by atoms with van der Waals surface area (Å²) < 4.78 is 0. The maximum atomic E-state index is 10.3. The third-order valence-electron chi connectivity index (χ3n) is 3.42. The number of hydrogen-bond acceptors (Lipinski definition) is 2. The van der Waals surface area contributed by atoms with Crippen LogP contribution in [-0.2, 0) is 4.79 Å². The average Bonchev–Trinajstić information content (AvgIpc) is 2.44. The number of aliphatic hydroxyl groups is 1. The van der Waals surface area contributed by atoms with Crippen LogP contribution in [0.25, 0.3) is 0 Å². The Morgan fingerprint density at radius 3 is 1.95 bits per heavy atom. The molecule has 0 aromatic heterocycles. The first kappa shape index (κ1) is 19.8. The maximum Gasteiger partial charge on any atom is 0.303 e. The summed E-state index contributed by atoms with van der Waals surface area (Å²) >= 11 is 0. The number of carboxylic acid groups (broad SMARTS) is 1. The van der Waals surface area contributed by atoms with E-state index >= 15 is 0 Å². The van der Waals surface area contributed by atoms with Crippen LogP contribution in [0.5, 0.6) is 0 Å². The van der Waals surface area contributed by atoms with E-state index in [-0.39, 0.29) is 0 Å². The van der Waals surface area contributed by atoms with Crippen LogP contribution in [0, 0.1) is 0 Å². The molecule has 0 saturated carbocycles. The van der Waals surface area contributed by atoms with Gasteiger partial charge in [-0.05, 0) is 51.0 Å². The zero-order chi connectivity index (χ0) is 15.8. The van der Waals surface area contributed by atoms with Crippen molar-refractivity contribution in [1.29, 1.82) is 0 Å². The van der Waals surface area contributed by atoms with Gasteiger partial charge in [0.1, 0.15) is 0 Å². The Hall–Kier alpha value is -1.25. The lowest BCUT2D eigenvalue weighted by molar-refractivity contribution is -0.137. The first-order valence-electron chi connectivity index (χ1n) is 8.41. The lowest BCUT2D eigenvalue weighted by Crippen LogP contribution is -1.93. The van der Waals surface area contributed by atoms with Gasteiger partial charge in [0, 0.05) is 12.8 Å². The number of aliphatic hydroxyl groups excluding tert-OH is 1. The Morgan fingerprint density at radius 1 is 0.810 bits per heavy atom. The number of unbranched alkanes of at least 4 members (excludes halogenated alkanes) is 7. The van der Waals surface area contributed by atoms with Crippen molar-refractivity contribution in [3.05, 3.63) is 24.0 Å². The lowest BCUT2D eigenvalue weighted by atomic mass is 10.1. The summed E-state index contributed by atoms with van der Waals surface area (Å²) in [6, 6.07) is 0. The zero-order valence-electron chi connectivity index (χ0n) is 13.5. The molecular weight excluding hydrogens is 264 g/mol. The second-order valence-corrected chi connectivity index (χ2v) is 5.52. The van der Waals surface area contributed by atoms with Crippen molar-refractivity contribution in [2.75, 3.05) is 0 Å². The Bertz CT molecular complexity index is 306. The van der Waals surface area contributed by atoms with E-state index in [1.54, 1.807) is 0 Å². The van der Waals surface area contributed by atoms with Crippen molar-refractivity contribution in [2.24, 2.45) is 0 Å². The summed E-state index contributed by atoms with van der Waals surface area (Å²) in [6.45, 7) is 2.03. The van der Waals surface area contributed by atoms with E-state index in [0.717, 1.165) is 57.8 Å². The monoisotopic (exact) mass is 296 g/mol. The smallest absolute Gasteiger partial charge is 0.303 e. The largest absolute Gasteiger partial charge is 0.513 e. The van der Waals surface area contributed by atoms with Gasteiger partial charge in [-0.1, -0.05) is 38.3 Å². The van der Waals surface area contributed by atoms with Gasteiger partial charge in [0.15, 0.2) is 0 Å². The third-order valence-corrected chi connectivity index (χ3v) is 3.42. The number of rotatable bonds is 14. The minimum absolute atomic E-state index is 0.308. The molecule has 0 spiro atoms. The summed E-state index contributed by atoms with van der Waals surface area (Å²) in [6.07, 6.45) is 18.2. The first-order valence-corrected chi connectivity index (χ1v) is 8.41. The van der Waals surface area contributed by atoms with Gasteiger partial charge in [-0.15, -0.1) is 0 Å². The first-order chi connectivity index (χ1) is 10.2. The van der Waals surface area contributed by atoms with Crippen LogP contribution in [0.4, 0.5) is 0 Å². The molecule has 0 heterocycles. The Morgan fingerprint density at radius 2 is 1.33 bits per heavy atom. The van der Waals surface area contributed by atoms with Gasteiger partial charge in [0.05, 0.1) is 5.76 Å². The molecule has 0 amide bonds. The molecule has 0 atom stereocenters. The van der Waals surface area contributed by atoms with Crippen LogP contribution in [0.3, 0.4) is 0 Å². The fraction of sp³-hybridized carbons (Fsp3) is 0.722. The predicted octanol–water partition coefficient (Wildman–Crippen LogP) is 5.77. The number of hydrogen-bond donors (Lipinski definition) is 2. The molecule has 0 aromatic carbocycles. The van der Waals surface area contributed by atoms with Crippen molar-refractivity contribution in [2.45, 2.75) is 84.0 Å². The van der Waals surface area contributed by atoms with E-state index in [4.69, 9.17) is 5.11 Å². The molecule has 0 bridgehead atoms. The predicted molar refractivity (Wildman–Crippen MR) is 88.6 cm³/mol. The highest BCUT2D eigenvalue weighted by atomic mass is 16.4. The van der Waals surface area contributed by atoms with Gasteiger partial charge in [-0.3, -0.25) is 4.79 Å². The van der Waals surface area contributed by atoms with E-state index in [1.807, 2.05) is 13.0 Å². The summed E-state index contributed by atoms with van der Waals surface area (Å²) in [5.41, 5.74) is 0. The normalized spacial score (nSPS) is 12.1. The quantitative estimate of drug-likeness (QED) is 0.243. The van der Waals surface area contributed by atoms with Crippen molar-refractivity contribution >= 4 is 5.97 Å². The lowest BCUT2D eigenvalue weighted by Gasteiger charge is -1.99. The molecule has 0 unspecified atom stereocenters. The molecule has 0 rings (SSSR count). The molecule has 3 heteroatoms. The van der Waals surface area contributed by atoms with E-state index < -0.39 is 5.97 Å². The van der Waals surface area contributed by atoms with Gasteiger partial charge < -0.3 is 10.2 Å². The second kappa shape index (κ2) is 15.1. The van der Waals surface area contributed by atoms with Crippen molar-refractivity contribution in [3.63, 3.8) is 0 Å². The molecular formula is C18H32O3. The second-order valence-electron chi connectivity index (χ2n) is 5.52. The standard InChI is InChI=1S/C18H32O3/c1-2-14-17(19)15-12-10-8-6-4-3-5-7-9-11-13-16-18(20)21/h4,6,14,19H,2-3,5,7-13,15-16H2,1H3,(H,20,21)/b6-4-,17-14+. The molecule has 0 saturated heterocycles. The summed E-state index contributed by atoms with van der Waals surface area (Å²) in [4.78, 5) is 10.3. The molecule has 0 aromatic rings. The molecule has 0 fully saturated rings. The highest BCUT2D eigenvalue weighted by Gasteiger charge is 1.96. The van der Waals surface area contributed by atoms with Crippen molar-refractivity contribution in [3.8, 4) is 0 Å². The number of carbonyl (C=O) groups is 1. The molecule has 0 aliphatic rings. The summed E-state index contributed by atoms with van der Waals surface area (Å²) in [5, 5.41) is 18.0. The number of aliphatic carboxylic acids is 1. The van der Waals surface area contributed by atoms with Gasteiger partial charge in [0.25, 0.3) is 0 Å². The van der Waals surface area contributed by atoms with Gasteiger partial charge >= 0.3 is 5.97 Å². The van der Waals surface area contributed by atoms with Crippen LogP contribution >= 0.6 is 0 Å².